The van der Waals surface area contributed by atoms with Gasteiger partial charge in [0.05, 0.1) is 0 Å². The maximum Gasteiger partial charge on any atom is 0.225 e. The van der Waals surface area contributed by atoms with Gasteiger partial charge in [-0.05, 0) is 32.6 Å². The number of carbonyl (C=O) groups excluding carboxylic acids is 1. The van der Waals surface area contributed by atoms with Gasteiger partial charge in [0.1, 0.15) is 0 Å². The molecule has 0 radical (unpaired) electrons. The number of nitrogens with one attached hydrogen (secondary N) is 1. The fraction of sp³-hybridized carbons (Fsp3) is 0.462. The Morgan fingerprint density at radius 3 is 2.71 bits per heavy atom. The number of carbonyl (C=O) groups is 1. The summed E-state index contributed by atoms with van der Waals surface area (Å²) in [6.45, 7) is 3.23. The van der Waals surface area contributed by atoms with Crippen molar-refractivity contribution in [1.29, 1.82) is 0 Å². The molecule has 1 amide bonds. The van der Waals surface area contributed by atoms with Crippen LogP contribution in [0.15, 0.2) is 18.2 Å². The standard InChI is InChI=1S/C13H21N3O/c1-10-4-5-12(15-13(17)6-7-14)11(8-10)9-16(2)3/h4-5,8H,6-7,9,14H2,1-3H3,(H,15,17). The third kappa shape index (κ3) is 4.54. The van der Waals surface area contributed by atoms with E-state index in [2.05, 4.69) is 16.3 Å². The van der Waals surface area contributed by atoms with E-state index in [4.69, 9.17) is 5.73 Å². The highest BCUT2D eigenvalue weighted by Gasteiger charge is 2.07. The summed E-state index contributed by atoms with van der Waals surface area (Å²) in [5.74, 6) is -0.0311. The average molecular weight is 235 g/mol. The SMILES string of the molecule is Cc1ccc(NC(=O)CCN)c(CN(C)C)c1. The third-order valence-corrected chi connectivity index (χ3v) is 2.39. The van der Waals surface area contributed by atoms with E-state index in [9.17, 15) is 4.79 Å². The summed E-state index contributed by atoms with van der Waals surface area (Å²) in [5.41, 5.74) is 8.55. The first kappa shape index (κ1) is 13.7. The fourth-order valence-corrected chi connectivity index (χ4v) is 1.66. The van der Waals surface area contributed by atoms with Crippen LogP contribution < -0.4 is 11.1 Å². The van der Waals surface area contributed by atoms with E-state index in [-0.39, 0.29) is 5.91 Å². The maximum absolute atomic E-state index is 11.5. The van der Waals surface area contributed by atoms with Crippen molar-refractivity contribution >= 4 is 11.6 Å². The summed E-state index contributed by atoms with van der Waals surface area (Å²) < 4.78 is 0. The van der Waals surface area contributed by atoms with Gasteiger partial charge in [0.15, 0.2) is 0 Å². The maximum atomic E-state index is 11.5. The van der Waals surface area contributed by atoms with E-state index >= 15 is 0 Å². The molecule has 0 aliphatic heterocycles. The molecule has 0 saturated carbocycles. The van der Waals surface area contributed by atoms with Gasteiger partial charge in [0.25, 0.3) is 0 Å². The van der Waals surface area contributed by atoms with Crippen LogP contribution >= 0.6 is 0 Å². The number of nitrogens with two attached hydrogens (primary N) is 1. The monoisotopic (exact) mass is 235 g/mol. The Morgan fingerprint density at radius 1 is 1.41 bits per heavy atom. The van der Waals surface area contributed by atoms with Gasteiger partial charge in [-0.15, -0.1) is 0 Å². The molecule has 0 saturated heterocycles. The zero-order valence-corrected chi connectivity index (χ0v) is 10.8. The molecule has 0 atom stereocenters. The molecule has 0 unspecified atom stereocenters. The molecule has 0 aliphatic carbocycles. The van der Waals surface area contributed by atoms with Crippen LogP contribution in [0.4, 0.5) is 5.69 Å². The van der Waals surface area contributed by atoms with Crippen molar-refractivity contribution in [2.24, 2.45) is 5.73 Å². The molecule has 0 heterocycles. The minimum atomic E-state index is -0.0311. The molecular formula is C13H21N3O. The Morgan fingerprint density at radius 2 is 2.12 bits per heavy atom. The first-order valence-electron chi connectivity index (χ1n) is 5.77. The van der Waals surface area contributed by atoms with Crippen LogP contribution in [-0.2, 0) is 11.3 Å². The minimum absolute atomic E-state index is 0.0311. The van der Waals surface area contributed by atoms with Crippen LogP contribution in [0, 0.1) is 6.92 Å². The van der Waals surface area contributed by atoms with Gasteiger partial charge in [-0.1, -0.05) is 17.7 Å². The second-order valence-corrected chi connectivity index (χ2v) is 4.49. The second kappa shape index (κ2) is 6.37. The van der Waals surface area contributed by atoms with E-state index in [1.807, 2.05) is 33.2 Å². The third-order valence-electron chi connectivity index (χ3n) is 2.39. The van der Waals surface area contributed by atoms with Crippen LogP contribution in [0.3, 0.4) is 0 Å². The van der Waals surface area contributed by atoms with Crippen molar-refractivity contribution < 1.29 is 4.79 Å². The number of anilines is 1. The first-order chi connectivity index (χ1) is 8.02. The average Bonchev–Trinajstić information content (AvgIpc) is 2.21. The lowest BCUT2D eigenvalue weighted by atomic mass is 10.1. The molecular weight excluding hydrogens is 214 g/mol. The quantitative estimate of drug-likeness (QED) is 0.810. The van der Waals surface area contributed by atoms with Crippen molar-refractivity contribution in [1.82, 2.24) is 4.90 Å². The van der Waals surface area contributed by atoms with Gasteiger partial charge in [-0.3, -0.25) is 4.79 Å². The summed E-state index contributed by atoms with van der Waals surface area (Å²) in [5, 5.41) is 2.90. The van der Waals surface area contributed by atoms with E-state index in [0.29, 0.717) is 13.0 Å². The molecule has 4 nitrogen and oxygen atoms in total. The van der Waals surface area contributed by atoms with Crippen LogP contribution in [-0.4, -0.2) is 31.4 Å². The number of rotatable bonds is 5. The van der Waals surface area contributed by atoms with Crippen molar-refractivity contribution in [2.45, 2.75) is 19.9 Å². The minimum Gasteiger partial charge on any atom is -0.330 e. The molecule has 0 aromatic heterocycles. The van der Waals surface area contributed by atoms with E-state index in [1.54, 1.807) is 0 Å². The van der Waals surface area contributed by atoms with Gasteiger partial charge < -0.3 is 16.0 Å². The largest absolute Gasteiger partial charge is 0.330 e. The number of hydrogen-bond acceptors (Lipinski definition) is 3. The second-order valence-electron chi connectivity index (χ2n) is 4.49. The molecule has 17 heavy (non-hydrogen) atoms. The van der Waals surface area contributed by atoms with Crippen LogP contribution in [0.25, 0.3) is 0 Å². The van der Waals surface area contributed by atoms with E-state index in [1.165, 1.54) is 5.56 Å². The number of aryl methyl sites for hydroxylation is 1. The normalized spacial score (nSPS) is 10.6. The number of amides is 1. The topological polar surface area (TPSA) is 58.4 Å². The molecule has 0 aliphatic rings. The molecule has 4 heteroatoms. The summed E-state index contributed by atoms with van der Waals surface area (Å²) in [6, 6.07) is 6.04. The highest BCUT2D eigenvalue weighted by Crippen LogP contribution is 2.18. The van der Waals surface area contributed by atoms with Gasteiger partial charge in [0, 0.05) is 25.2 Å². The Labute approximate surface area is 103 Å². The van der Waals surface area contributed by atoms with E-state index < -0.39 is 0 Å². The fourth-order valence-electron chi connectivity index (χ4n) is 1.66. The molecule has 3 N–H and O–H groups in total. The van der Waals surface area contributed by atoms with Gasteiger partial charge in [-0.25, -0.2) is 0 Å². The van der Waals surface area contributed by atoms with Gasteiger partial charge >= 0.3 is 0 Å². The van der Waals surface area contributed by atoms with Crippen LogP contribution in [0.2, 0.25) is 0 Å². The van der Waals surface area contributed by atoms with Crippen molar-refractivity contribution in [3.63, 3.8) is 0 Å². The Bertz CT molecular complexity index is 388. The molecule has 0 fully saturated rings. The Kier molecular flexibility index (Phi) is 5.12. The number of benzene rings is 1. The van der Waals surface area contributed by atoms with Crippen molar-refractivity contribution in [3.8, 4) is 0 Å². The lowest BCUT2D eigenvalue weighted by Gasteiger charge is -2.15. The predicted octanol–water partition coefficient (Wildman–Crippen LogP) is 1.34. The van der Waals surface area contributed by atoms with Gasteiger partial charge in [0.2, 0.25) is 5.91 Å². The van der Waals surface area contributed by atoms with Gasteiger partial charge in [-0.2, -0.15) is 0 Å². The lowest BCUT2D eigenvalue weighted by molar-refractivity contribution is -0.116. The number of nitrogens with zero attached hydrogens (tertiary/aromatic N) is 1. The summed E-state index contributed by atoms with van der Waals surface area (Å²) in [6.07, 6.45) is 0.356. The Balaban J connectivity index is 2.86. The highest BCUT2D eigenvalue weighted by molar-refractivity contribution is 5.91. The first-order valence-corrected chi connectivity index (χ1v) is 5.77. The summed E-state index contributed by atoms with van der Waals surface area (Å²) in [7, 11) is 4.02. The van der Waals surface area contributed by atoms with Crippen molar-refractivity contribution in [2.75, 3.05) is 26.0 Å². The zero-order valence-electron chi connectivity index (χ0n) is 10.8. The molecule has 1 aromatic rings. The smallest absolute Gasteiger partial charge is 0.225 e. The zero-order chi connectivity index (χ0) is 12.8. The summed E-state index contributed by atoms with van der Waals surface area (Å²) >= 11 is 0. The highest BCUT2D eigenvalue weighted by atomic mass is 16.1. The van der Waals surface area contributed by atoms with Crippen molar-refractivity contribution in [3.05, 3.63) is 29.3 Å². The summed E-state index contributed by atoms with van der Waals surface area (Å²) in [4.78, 5) is 13.6. The molecule has 1 rings (SSSR count). The molecule has 94 valence electrons. The number of hydrogen-bond donors (Lipinski definition) is 2. The van der Waals surface area contributed by atoms with E-state index in [0.717, 1.165) is 17.8 Å². The Hall–Kier alpha value is -1.39. The van der Waals surface area contributed by atoms with Crippen LogP contribution in [0.1, 0.15) is 17.5 Å². The molecule has 0 spiro atoms. The molecule has 1 aromatic carbocycles. The van der Waals surface area contributed by atoms with Crippen LogP contribution in [0.5, 0.6) is 0 Å². The molecule has 0 bridgehead atoms. The predicted molar refractivity (Wildman–Crippen MR) is 70.9 cm³/mol. The lowest BCUT2D eigenvalue weighted by Crippen LogP contribution is -2.19.